The average molecular weight is 263 g/mol. The van der Waals surface area contributed by atoms with E-state index in [9.17, 15) is 0 Å². The summed E-state index contributed by atoms with van der Waals surface area (Å²) in [4.78, 5) is 4.99. The van der Waals surface area contributed by atoms with Gasteiger partial charge in [0.15, 0.2) is 0 Å². The summed E-state index contributed by atoms with van der Waals surface area (Å²) in [5.41, 5.74) is 3.99. The molecule has 1 aromatic rings. The lowest BCUT2D eigenvalue weighted by molar-refractivity contribution is 1.10. The lowest BCUT2D eigenvalue weighted by Gasteiger charge is -2.25. The first-order valence-electron chi connectivity index (χ1n) is 6.45. The molecule has 0 amide bonds. The molecule has 0 spiro atoms. The molecule has 0 fully saturated rings. The highest BCUT2D eigenvalue weighted by Crippen LogP contribution is 2.46. The van der Waals surface area contributed by atoms with Crippen molar-refractivity contribution in [3.8, 4) is 0 Å². The van der Waals surface area contributed by atoms with Gasteiger partial charge in [0.1, 0.15) is 0 Å². The molecule has 2 heteroatoms. The van der Waals surface area contributed by atoms with E-state index in [1.165, 1.54) is 26.8 Å². The normalized spacial score (nSPS) is 19.6. The van der Waals surface area contributed by atoms with E-state index in [0.717, 1.165) is 6.42 Å². The molecular formula is C17H13NS. The maximum Gasteiger partial charge on any atom is 0.0595 e. The molecule has 0 atom stereocenters. The van der Waals surface area contributed by atoms with E-state index < -0.39 is 0 Å². The van der Waals surface area contributed by atoms with Crippen molar-refractivity contribution in [1.82, 2.24) is 0 Å². The fourth-order valence-corrected chi connectivity index (χ4v) is 3.74. The molecule has 1 nitrogen and oxygen atoms in total. The van der Waals surface area contributed by atoms with Crippen LogP contribution in [0.2, 0.25) is 0 Å². The number of anilines is 1. The highest BCUT2D eigenvalue weighted by atomic mass is 32.2. The summed E-state index contributed by atoms with van der Waals surface area (Å²) in [5.74, 6) is 0. The fourth-order valence-electron chi connectivity index (χ4n) is 2.63. The van der Waals surface area contributed by atoms with Crippen molar-refractivity contribution in [2.24, 2.45) is 0 Å². The second-order valence-corrected chi connectivity index (χ2v) is 5.75. The van der Waals surface area contributed by atoms with Crippen molar-refractivity contribution in [1.29, 1.82) is 0 Å². The van der Waals surface area contributed by atoms with Crippen LogP contribution in [-0.2, 0) is 0 Å². The first-order chi connectivity index (χ1) is 9.43. The first-order valence-corrected chi connectivity index (χ1v) is 7.26. The number of hydrogen-bond acceptors (Lipinski definition) is 2. The second-order valence-electron chi connectivity index (χ2n) is 4.67. The van der Waals surface area contributed by atoms with Crippen LogP contribution in [0.25, 0.3) is 0 Å². The van der Waals surface area contributed by atoms with E-state index in [1.807, 2.05) is 11.8 Å². The van der Waals surface area contributed by atoms with E-state index in [0.29, 0.717) is 0 Å². The Morgan fingerprint density at radius 2 is 2.00 bits per heavy atom. The number of para-hydroxylation sites is 1. The Morgan fingerprint density at radius 3 is 3.00 bits per heavy atom. The molecule has 0 unspecified atom stereocenters. The van der Waals surface area contributed by atoms with Gasteiger partial charge in [-0.25, -0.2) is 0 Å². The Labute approximate surface area is 117 Å². The Balaban J connectivity index is 1.99. The van der Waals surface area contributed by atoms with Gasteiger partial charge in [-0.2, -0.15) is 0 Å². The number of nitrogens with zero attached hydrogens (tertiary/aromatic N) is 1. The van der Waals surface area contributed by atoms with Gasteiger partial charge in [0.2, 0.25) is 0 Å². The highest BCUT2D eigenvalue weighted by molar-refractivity contribution is 8.03. The summed E-state index contributed by atoms with van der Waals surface area (Å²) in [6.45, 7) is 0. The van der Waals surface area contributed by atoms with Crippen LogP contribution >= 0.6 is 11.8 Å². The van der Waals surface area contributed by atoms with Gasteiger partial charge in [0.05, 0.1) is 11.4 Å². The predicted molar refractivity (Wildman–Crippen MR) is 81.9 cm³/mol. The van der Waals surface area contributed by atoms with Crippen molar-refractivity contribution >= 4 is 17.4 Å². The lowest BCUT2D eigenvalue weighted by atomic mass is 10.0. The molecule has 2 aliphatic heterocycles. The first kappa shape index (κ1) is 10.9. The van der Waals surface area contributed by atoms with E-state index >= 15 is 0 Å². The largest absolute Gasteiger partial charge is 0.316 e. The Morgan fingerprint density at radius 1 is 1.05 bits per heavy atom. The van der Waals surface area contributed by atoms with Crippen LogP contribution in [0.5, 0.6) is 0 Å². The van der Waals surface area contributed by atoms with Crippen LogP contribution in [0, 0.1) is 0 Å². The van der Waals surface area contributed by atoms with E-state index in [-0.39, 0.29) is 0 Å². The molecule has 92 valence electrons. The van der Waals surface area contributed by atoms with Gasteiger partial charge < -0.3 is 4.90 Å². The molecule has 0 aromatic heterocycles. The Bertz CT molecular complexity index is 689. The Kier molecular flexibility index (Phi) is 2.49. The number of hydrogen-bond donors (Lipinski definition) is 0. The molecular weight excluding hydrogens is 250 g/mol. The number of fused-ring (bicyclic) bond motifs is 4. The minimum Gasteiger partial charge on any atom is -0.316 e. The second kappa shape index (κ2) is 4.32. The zero-order valence-corrected chi connectivity index (χ0v) is 11.2. The number of rotatable bonds is 0. The minimum atomic E-state index is 1.01. The van der Waals surface area contributed by atoms with Gasteiger partial charge in [-0.3, -0.25) is 0 Å². The van der Waals surface area contributed by atoms with Crippen molar-refractivity contribution in [3.63, 3.8) is 0 Å². The number of benzene rings is 1. The molecule has 2 heterocycles. The van der Waals surface area contributed by atoms with Crippen molar-refractivity contribution in [2.75, 3.05) is 4.90 Å². The van der Waals surface area contributed by atoms with Gasteiger partial charge >= 0.3 is 0 Å². The monoisotopic (exact) mass is 263 g/mol. The third-order valence-corrected chi connectivity index (χ3v) is 4.68. The maximum atomic E-state index is 2.30. The third-order valence-electron chi connectivity index (χ3n) is 3.52. The third kappa shape index (κ3) is 1.71. The average Bonchev–Trinajstić information content (AvgIpc) is 2.62. The van der Waals surface area contributed by atoms with Crippen molar-refractivity contribution in [2.45, 2.75) is 11.3 Å². The van der Waals surface area contributed by atoms with Crippen LogP contribution in [0.1, 0.15) is 6.42 Å². The van der Waals surface area contributed by atoms with Crippen molar-refractivity contribution < 1.29 is 0 Å². The van der Waals surface area contributed by atoms with Gasteiger partial charge in [-0.15, -0.1) is 0 Å². The van der Waals surface area contributed by atoms with E-state index in [4.69, 9.17) is 0 Å². The topological polar surface area (TPSA) is 3.24 Å². The van der Waals surface area contributed by atoms with Crippen LogP contribution in [0.4, 0.5) is 5.69 Å². The molecule has 19 heavy (non-hydrogen) atoms. The summed E-state index contributed by atoms with van der Waals surface area (Å²) < 4.78 is 0. The molecule has 0 N–H and O–H groups in total. The maximum absolute atomic E-state index is 2.30. The molecule has 0 bridgehead atoms. The fraction of sp³-hybridized carbons (Fsp3) is 0.0588. The standard InChI is InChI=1S/C17H13NS/c1-3-10-16-13(7-1)14-8-5-6-12-18(14)15-9-2-4-11-17(15)19-16/h1-6,8-12H,7H2. The predicted octanol–water partition coefficient (Wildman–Crippen LogP) is 4.78. The smallest absolute Gasteiger partial charge is 0.0595 e. The molecule has 0 saturated carbocycles. The zero-order chi connectivity index (χ0) is 12.7. The van der Waals surface area contributed by atoms with Crippen LogP contribution in [0.15, 0.2) is 88.0 Å². The van der Waals surface area contributed by atoms with Gasteiger partial charge in [-0.05, 0) is 42.4 Å². The van der Waals surface area contributed by atoms with Gasteiger partial charge in [-0.1, -0.05) is 42.1 Å². The lowest BCUT2D eigenvalue weighted by Crippen LogP contribution is -2.17. The number of allylic oxidation sites excluding steroid dienone is 7. The summed E-state index contributed by atoms with van der Waals surface area (Å²) in [6, 6.07) is 8.61. The van der Waals surface area contributed by atoms with Crippen molar-refractivity contribution in [3.05, 3.63) is 83.1 Å². The molecule has 0 radical (unpaired) electrons. The molecule has 1 aromatic carbocycles. The summed E-state index contributed by atoms with van der Waals surface area (Å²) >= 11 is 1.87. The van der Waals surface area contributed by atoms with Crippen LogP contribution in [0.3, 0.4) is 0 Å². The minimum absolute atomic E-state index is 1.01. The van der Waals surface area contributed by atoms with E-state index in [1.54, 1.807) is 0 Å². The molecule has 3 aliphatic rings. The molecule has 1 aliphatic carbocycles. The summed E-state index contributed by atoms with van der Waals surface area (Å²) in [5, 5.41) is 0. The zero-order valence-electron chi connectivity index (χ0n) is 10.4. The highest BCUT2D eigenvalue weighted by Gasteiger charge is 2.24. The number of thioether (sulfide) groups is 1. The molecule has 0 saturated heterocycles. The van der Waals surface area contributed by atoms with E-state index in [2.05, 4.69) is 71.8 Å². The van der Waals surface area contributed by atoms with Crippen LogP contribution in [-0.4, -0.2) is 0 Å². The van der Waals surface area contributed by atoms with Gasteiger partial charge in [0, 0.05) is 16.0 Å². The Hall–Kier alpha value is -1.93. The van der Waals surface area contributed by atoms with Crippen LogP contribution < -0.4 is 4.90 Å². The molecule has 4 rings (SSSR count). The SMILES string of the molecule is C1=CCC2=C3C=CC=CN3c3ccccc3SC2=C1. The van der Waals surface area contributed by atoms with Gasteiger partial charge in [0.25, 0.3) is 0 Å². The summed E-state index contributed by atoms with van der Waals surface area (Å²) in [7, 11) is 0. The summed E-state index contributed by atoms with van der Waals surface area (Å²) in [6.07, 6.45) is 16.2. The quantitative estimate of drug-likeness (QED) is 0.662.